The van der Waals surface area contributed by atoms with Gasteiger partial charge in [0, 0.05) is 25.1 Å². The van der Waals surface area contributed by atoms with Gasteiger partial charge in [0.1, 0.15) is 12.5 Å². The van der Waals surface area contributed by atoms with E-state index in [-0.39, 0.29) is 23.6 Å². The van der Waals surface area contributed by atoms with Crippen LogP contribution in [-0.2, 0) is 9.53 Å². The number of methoxy groups -OCH3 is 1. The average molecular weight is 340 g/mol. The molecule has 0 aliphatic carbocycles. The normalized spacial score (nSPS) is 21.8. The number of carbonyl (C=O) groups excluding carboxylic acids is 1. The predicted octanol–water partition coefficient (Wildman–Crippen LogP) is 3.39. The number of amides is 1. The zero-order valence-corrected chi connectivity index (χ0v) is 15.1. The van der Waals surface area contributed by atoms with Crippen molar-refractivity contribution in [1.82, 2.24) is 4.90 Å². The Bertz CT molecular complexity index is 463. The molecule has 6 heteroatoms. The van der Waals surface area contributed by atoms with Crippen molar-refractivity contribution in [1.29, 1.82) is 0 Å². The summed E-state index contributed by atoms with van der Waals surface area (Å²) in [6.45, 7) is 7.91. The first kappa shape index (κ1) is 19.8. The Hall–Kier alpha value is -1.27. The summed E-state index contributed by atoms with van der Waals surface area (Å²) < 4.78 is 5.14. The van der Waals surface area contributed by atoms with Crippen molar-refractivity contribution in [3.63, 3.8) is 0 Å². The fraction of sp³-hybridized carbons (Fsp3) is 0.647. The number of aliphatic imine (C=N–C) groups is 1. The van der Waals surface area contributed by atoms with Crippen LogP contribution in [0.15, 0.2) is 29.6 Å². The molecule has 1 fully saturated rings. The van der Waals surface area contributed by atoms with Gasteiger partial charge in [0.25, 0.3) is 0 Å². The Kier molecular flexibility index (Phi) is 9.02. The second-order valence-corrected chi connectivity index (χ2v) is 6.84. The number of aliphatic hydroxyl groups is 1. The van der Waals surface area contributed by atoms with Crippen LogP contribution in [0.25, 0.3) is 0 Å². The topological polar surface area (TPSA) is 62.1 Å². The number of hydrogen-bond donors (Lipinski definition) is 1. The van der Waals surface area contributed by atoms with E-state index in [4.69, 9.17) is 9.84 Å². The summed E-state index contributed by atoms with van der Waals surface area (Å²) in [6, 6.07) is 0.232. The maximum absolute atomic E-state index is 12.3. The van der Waals surface area contributed by atoms with Gasteiger partial charge in [-0.25, -0.2) is 0 Å². The second kappa shape index (κ2) is 10.5. The van der Waals surface area contributed by atoms with E-state index in [1.807, 2.05) is 23.6 Å². The fourth-order valence-corrected chi connectivity index (χ4v) is 3.37. The first-order valence-corrected chi connectivity index (χ1v) is 9.17. The molecule has 0 bridgehead atoms. The number of rotatable bonds is 11. The third kappa shape index (κ3) is 6.03. The van der Waals surface area contributed by atoms with Gasteiger partial charge >= 0.3 is 0 Å². The number of ether oxygens (including phenoxy) is 1. The summed E-state index contributed by atoms with van der Waals surface area (Å²) in [5, 5.41) is 9.05. The molecule has 1 N–H and O–H groups in total. The summed E-state index contributed by atoms with van der Waals surface area (Å²) in [7, 11) is 1.62. The van der Waals surface area contributed by atoms with Crippen molar-refractivity contribution >= 4 is 23.4 Å². The molecule has 0 saturated carbocycles. The molecule has 1 heterocycles. The standard InChI is InChI=1S/C17H28N2O3S/c1-5-14(18-9-7-13(3)20)11-15-16(8-10-23-6-2)19(12-22-4)17(15)21/h7,9,15-16,20H,3,5-6,8,10-12H2,1-2,4H3/b9-7-,18-14+. The molecular formula is C17H28N2O3S. The molecule has 0 aromatic carbocycles. The lowest BCUT2D eigenvalue weighted by Gasteiger charge is -2.47. The lowest BCUT2D eigenvalue weighted by molar-refractivity contribution is -0.164. The van der Waals surface area contributed by atoms with E-state index < -0.39 is 0 Å². The monoisotopic (exact) mass is 340 g/mol. The Morgan fingerprint density at radius 3 is 2.83 bits per heavy atom. The SMILES string of the molecule is C=C(O)/C=C\N=C(/CC)CC1C(=O)N(COC)C1CCSCC. The first-order chi connectivity index (χ1) is 11.0. The van der Waals surface area contributed by atoms with Gasteiger partial charge in [-0.05, 0) is 36.8 Å². The minimum Gasteiger partial charge on any atom is -0.509 e. The van der Waals surface area contributed by atoms with Gasteiger partial charge in [0.05, 0.1) is 5.92 Å². The van der Waals surface area contributed by atoms with Crippen molar-refractivity contribution in [2.24, 2.45) is 10.9 Å². The molecule has 0 aromatic rings. The first-order valence-electron chi connectivity index (χ1n) is 8.02. The van der Waals surface area contributed by atoms with Crippen LogP contribution in [0.3, 0.4) is 0 Å². The summed E-state index contributed by atoms with van der Waals surface area (Å²) in [4.78, 5) is 18.5. The molecule has 1 aliphatic rings. The smallest absolute Gasteiger partial charge is 0.230 e. The molecule has 130 valence electrons. The van der Waals surface area contributed by atoms with E-state index in [2.05, 4.69) is 18.5 Å². The fourth-order valence-electron chi connectivity index (χ4n) is 2.67. The number of hydrogen-bond acceptors (Lipinski definition) is 5. The molecule has 0 spiro atoms. The molecule has 23 heavy (non-hydrogen) atoms. The largest absolute Gasteiger partial charge is 0.509 e. The molecule has 2 atom stereocenters. The van der Waals surface area contributed by atoms with Crippen molar-refractivity contribution in [2.45, 2.75) is 39.2 Å². The molecule has 5 nitrogen and oxygen atoms in total. The van der Waals surface area contributed by atoms with Crippen LogP contribution in [0.2, 0.25) is 0 Å². The lowest BCUT2D eigenvalue weighted by atomic mass is 9.81. The quantitative estimate of drug-likeness (QED) is 0.206. The number of thioether (sulfide) groups is 1. The van der Waals surface area contributed by atoms with Crippen LogP contribution in [0.5, 0.6) is 0 Å². The predicted molar refractivity (Wildman–Crippen MR) is 96.9 cm³/mol. The van der Waals surface area contributed by atoms with Crippen molar-refractivity contribution in [2.75, 3.05) is 25.3 Å². The molecule has 0 aromatic heterocycles. The van der Waals surface area contributed by atoms with E-state index >= 15 is 0 Å². The summed E-state index contributed by atoms with van der Waals surface area (Å²) >= 11 is 1.89. The number of aliphatic hydroxyl groups excluding tert-OH is 1. The Balaban J connectivity index is 2.69. The van der Waals surface area contributed by atoms with E-state index in [0.29, 0.717) is 13.2 Å². The third-order valence-corrected chi connectivity index (χ3v) is 4.82. The summed E-state index contributed by atoms with van der Waals surface area (Å²) in [5.74, 6) is 2.26. The Morgan fingerprint density at radius 1 is 1.52 bits per heavy atom. The van der Waals surface area contributed by atoms with E-state index in [0.717, 1.165) is 30.1 Å². The molecule has 2 unspecified atom stereocenters. The van der Waals surface area contributed by atoms with Gasteiger partial charge in [0.15, 0.2) is 0 Å². The zero-order chi connectivity index (χ0) is 17.2. The second-order valence-electron chi connectivity index (χ2n) is 5.45. The minimum atomic E-state index is -0.0235. The number of β-lactam (4-membered cyclic amide) rings is 1. The Labute approximate surface area is 143 Å². The zero-order valence-electron chi connectivity index (χ0n) is 14.3. The average Bonchev–Trinajstić information content (AvgIpc) is 2.53. The van der Waals surface area contributed by atoms with Crippen LogP contribution >= 0.6 is 11.8 Å². The molecule has 0 radical (unpaired) electrons. The molecule has 1 rings (SSSR count). The van der Waals surface area contributed by atoms with Crippen LogP contribution < -0.4 is 0 Å². The lowest BCUT2D eigenvalue weighted by Crippen LogP contribution is -2.61. The van der Waals surface area contributed by atoms with E-state index in [1.165, 1.54) is 6.08 Å². The number of nitrogens with zero attached hydrogens (tertiary/aromatic N) is 2. The van der Waals surface area contributed by atoms with Crippen molar-refractivity contribution in [3.8, 4) is 0 Å². The van der Waals surface area contributed by atoms with Gasteiger partial charge in [-0.15, -0.1) is 0 Å². The number of allylic oxidation sites excluding steroid dienone is 1. The van der Waals surface area contributed by atoms with Gasteiger partial charge in [-0.3, -0.25) is 9.79 Å². The Morgan fingerprint density at radius 2 is 2.26 bits per heavy atom. The van der Waals surface area contributed by atoms with Crippen LogP contribution in [0.4, 0.5) is 0 Å². The van der Waals surface area contributed by atoms with Gasteiger partial charge in [-0.1, -0.05) is 20.4 Å². The number of likely N-dealkylation sites (tertiary alicyclic amines) is 1. The molecule has 1 amide bonds. The van der Waals surface area contributed by atoms with E-state index in [1.54, 1.807) is 13.3 Å². The van der Waals surface area contributed by atoms with Crippen LogP contribution in [0.1, 0.15) is 33.1 Å². The van der Waals surface area contributed by atoms with Crippen molar-refractivity contribution < 1.29 is 14.6 Å². The summed E-state index contributed by atoms with van der Waals surface area (Å²) in [5.41, 5.74) is 0.964. The minimum absolute atomic E-state index is 0.00738. The molecular weight excluding hydrogens is 312 g/mol. The van der Waals surface area contributed by atoms with Crippen LogP contribution in [-0.4, -0.2) is 53.0 Å². The maximum Gasteiger partial charge on any atom is 0.230 e. The summed E-state index contributed by atoms with van der Waals surface area (Å²) in [6.07, 6.45) is 5.43. The molecule has 1 saturated heterocycles. The number of carbonyl (C=O) groups is 1. The van der Waals surface area contributed by atoms with E-state index in [9.17, 15) is 4.79 Å². The third-order valence-electron chi connectivity index (χ3n) is 3.88. The van der Waals surface area contributed by atoms with Gasteiger partial charge in [0.2, 0.25) is 5.91 Å². The molecule has 1 aliphatic heterocycles. The van der Waals surface area contributed by atoms with Crippen molar-refractivity contribution in [3.05, 3.63) is 24.6 Å². The van der Waals surface area contributed by atoms with Crippen LogP contribution in [0, 0.1) is 5.92 Å². The van der Waals surface area contributed by atoms with Gasteiger partial charge in [-0.2, -0.15) is 11.8 Å². The highest BCUT2D eigenvalue weighted by molar-refractivity contribution is 7.99. The maximum atomic E-state index is 12.3. The highest BCUT2D eigenvalue weighted by Gasteiger charge is 2.46. The highest BCUT2D eigenvalue weighted by atomic mass is 32.2. The highest BCUT2D eigenvalue weighted by Crippen LogP contribution is 2.33. The van der Waals surface area contributed by atoms with Gasteiger partial charge < -0.3 is 14.7 Å².